The lowest BCUT2D eigenvalue weighted by Crippen LogP contribution is -2.21. The quantitative estimate of drug-likeness (QED) is 0.241. The zero-order valence-electron chi connectivity index (χ0n) is 23.8. The Morgan fingerprint density at radius 3 is 2.15 bits per heavy atom. The molecule has 2 aliphatic heterocycles. The number of benzene rings is 3. The number of hydrogen-bond donors (Lipinski definition) is 2. The van der Waals surface area contributed by atoms with Crippen LogP contribution in [0.1, 0.15) is 34.2 Å². The van der Waals surface area contributed by atoms with Crippen LogP contribution in [-0.4, -0.2) is 64.7 Å². The number of aromatic nitrogens is 2. The number of nitrogens with zero attached hydrogens (tertiary/aromatic N) is 3. The summed E-state index contributed by atoms with van der Waals surface area (Å²) >= 11 is 12.3. The number of aromatic amines is 1. The van der Waals surface area contributed by atoms with Gasteiger partial charge in [-0.2, -0.15) is 0 Å². The molecule has 0 spiro atoms. The van der Waals surface area contributed by atoms with Crippen molar-refractivity contribution in [3.63, 3.8) is 0 Å². The van der Waals surface area contributed by atoms with Crippen molar-refractivity contribution in [2.24, 2.45) is 0 Å². The first-order valence-corrected chi connectivity index (χ1v) is 15.3. The summed E-state index contributed by atoms with van der Waals surface area (Å²) in [5, 5.41) is 14.9. The van der Waals surface area contributed by atoms with E-state index in [2.05, 4.69) is 57.7 Å². The number of likely N-dealkylation sites (N-methyl/N-ethyl adjacent to an activating group) is 2. The first-order chi connectivity index (χ1) is 19.9. The molecule has 5 aromatic rings. The van der Waals surface area contributed by atoms with Crippen LogP contribution in [0.4, 0.5) is 0 Å². The second-order valence-corrected chi connectivity index (χ2v) is 12.4. The van der Waals surface area contributed by atoms with Crippen LogP contribution >= 0.6 is 23.2 Å². The van der Waals surface area contributed by atoms with Gasteiger partial charge in [-0.25, -0.2) is 0 Å². The van der Waals surface area contributed by atoms with E-state index in [0.29, 0.717) is 6.54 Å². The molecule has 0 amide bonds. The summed E-state index contributed by atoms with van der Waals surface area (Å²) in [6.45, 7) is 4.93. The van der Waals surface area contributed by atoms with Crippen LogP contribution in [0.15, 0.2) is 66.7 Å². The van der Waals surface area contributed by atoms with E-state index in [-0.39, 0.29) is 0 Å². The van der Waals surface area contributed by atoms with Crippen molar-refractivity contribution in [3.8, 4) is 0 Å². The molecule has 2 N–H and O–H groups in total. The fourth-order valence-electron chi connectivity index (χ4n) is 6.38. The van der Waals surface area contributed by atoms with Crippen molar-refractivity contribution < 1.29 is 5.11 Å². The third-order valence-electron chi connectivity index (χ3n) is 8.71. The van der Waals surface area contributed by atoms with Crippen molar-refractivity contribution in [3.05, 3.63) is 105 Å². The molecule has 5 nitrogen and oxygen atoms in total. The molecule has 41 heavy (non-hydrogen) atoms. The molecule has 1 unspecified atom stereocenters. The zero-order chi connectivity index (χ0) is 28.5. The molecule has 214 valence electrons. The van der Waals surface area contributed by atoms with Gasteiger partial charge < -0.3 is 24.5 Å². The number of halogens is 2. The summed E-state index contributed by atoms with van der Waals surface area (Å²) in [5.41, 5.74) is 8.94. The Balaban J connectivity index is 0.000000162. The third kappa shape index (κ3) is 6.06. The highest BCUT2D eigenvalue weighted by Crippen LogP contribution is 2.33. The molecular formula is C34H38Cl2N4O. The van der Waals surface area contributed by atoms with Gasteiger partial charge in [0.1, 0.15) is 0 Å². The lowest BCUT2D eigenvalue weighted by Gasteiger charge is -2.17. The minimum atomic E-state index is -0.516. The molecular weight excluding hydrogens is 551 g/mol. The summed E-state index contributed by atoms with van der Waals surface area (Å²) in [6, 6.07) is 22.1. The monoisotopic (exact) mass is 588 g/mol. The number of hydrogen-bond acceptors (Lipinski definition) is 3. The second kappa shape index (κ2) is 12.2. The smallest absolute Gasteiger partial charge is 0.0969 e. The van der Waals surface area contributed by atoms with Crippen molar-refractivity contribution in [1.82, 2.24) is 19.4 Å². The zero-order valence-corrected chi connectivity index (χ0v) is 25.3. The minimum Gasteiger partial charge on any atom is -0.387 e. The molecule has 0 saturated heterocycles. The topological polar surface area (TPSA) is 47.4 Å². The van der Waals surface area contributed by atoms with Crippen LogP contribution in [0.25, 0.3) is 21.8 Å². The molecule has 7 rings (SSSR count). The first-order valence-electron chi connectivity index (χ1n) is 14.6. The Bertz CT molecular complexity index is 1660. The van der Waals surface area contributed by atoms with Crippen molar-refractivity contribution in [2.75, 3.05) is 40.3 Å². The van der Waals surface area contributed by atoms with E-state index in [1.807, 2.05) is 42.5 Å². The normalized spacial score (nSPS) is 16.9. The summed E-state index contributed by atoms with van der Waals surface area (Å²) in [5.74, 6) is 0. The predicted molar refractivity (Wildman–Crippen MR) is 171 cm³/mol. The van der Waals surface area contributed by atoms with Gasteiger partial charge in [0.05, 0.1) is 12.6 Å². The SMILES string of the molecule is CN1CCc2[nH]c3ccc(Cl)cc3c2CC1.CN1CCc2c(n(CC(O)c3ccccc3)c3ccc(Cl)cc23)CC1. The average Bonchev–Trinajstić information content (AvgIpc) is 3.28. The molecule has 7 heteroatoms. The van der Waals surface area contributed by atoms with E-state index < -0.39 is 6.10 Å². The number of aliphatic hydroxyl groups is 1. The van der Waals surface area contributed by atoms with E-state index in [1.165, 1.54) is 44.3 Å². The van der Waals surface area contributed by atoms with Gasteiger partial charge in [-0.1, -0.05) is 53.5 Å². The number of rotatable bonds is 3. The summed E-state index contributed by atoms with van der Waals surface area (Å²) in [7, 11) is 4.35. The Morgan fingerprint density at radius 1 is 0.756 bits per heavy atom. The van der Waals surface area contributed by atoms with Crippen molar-refractivity contribution in [2.45, 2.75) is 38.3 Å². The lowest BCUT2D eigenvalue weighted by molar-refractivity contribution is 0.157. The largest absolute Gasteiger partial charge is 0.387 e. The molecule has 3 aromatic carbocycles. The molecule has 0 saturated carbocycles. The Kier molecular flexibility index (Phi) is 8.43. The minimum absolute atomic E-state index is 0.516. The molecule has 1 atom stereocenters. The summed E-state index contributed by atoms with van der Waals surface area (Å²) in [6.07, 6.45) is 3.73. The number of fused-ring (bicyclic) bond motifs is 6. The van der Waals surface area contributed by atoms with Gasteiger partial charge in [0, 0.05) is 82.3 Å². The third-order valence-corrected chi connectivity index (χ3v) is 9.18. The van der Waals surface area contributed by atoms with Crippen LogP contribution in [0.3, 0.4) is 0 Å². The summed E-state index contributed by atoms with van der Waals surface area (Å²) in [4.78, 5) is 8.27. The van der Waals surface area contributed by atoms with Gasteiger partial charge in [-0.3, -0.25) is 0 Å². The van der Waals surface area contributed by atoms with E-state index in [4.69, 9.17) is 23.2 Å². The van der Waals surface area contributed by atoms with Gasteiger partial charge in [0.15, 0.2) is 0 Å². The molecule has 0 fully saturated rings. The number of nitrogens with one attached hydrogen (secondary N) is 1. The lowest BCUT2D eigenvalue weighted by atomic mass is 10.1. The number of aliphatic hydroxyl groups excluding tert-OH is 1. The van der Waals surface area contributed by atoms with E-state index in [1.54, 1.807) is 0 Å². The van der Waals surface area contributed by atoms with Crippen LogP contribution in [0.5, 0.6) is 0 Å². The highest BCUT2D eigenvalue weighted by Gasteiger charge is 2.22. The first kappa shape index (κ1) is 28.3. The van der Waals surface area contributed by atoms with Crippen LogP contribution < -0.4 is 0 Å². The Hall–Kier alpha value is -2.80. The molecule has 2 aromatic heterocycles. The standard InChI is InChI=1S/C21H23ClN2O.C13H15ClN2/c1-23-11-9-17-18-13-16(22)7-8-19(18)24(20(17)10-12-23)14-21(25)15-5-3-2-4-6-15;1-16-6-4-10-11-8-9(14)2-3-12(11)15-13(10)5-7-16/h2-8,13,21,25H,9-12,14H2,1H3;2-3,8,15H,4-7H2,1H3. The van der Waals surface area contributed by atoms with Crippen LogP contribution in [-0.2, 0) is 32.2 Å². The van der Waals surface area contributed by atoms with Gasteiger partial charge in [0.25, 0.3) is 0 Å². The molecule has 0 radical (unpaired) electrons. The molecule has 0 bridgehead atoms. The van der Waals surface area contributed by atoms with Gasteiger partial charge >= 0.3 is 0 Å². The van der Waals surface area contributed by atoms with Crippen molar-refractivity contribution in [1.29, 1.82) is 0 Å². The van der Waals surface area contributed by atoms with Gasteiger partial charge in [0.2, 0.25) is 0 Å². The maximum Gasteiger partial charge on any atom is 0.0969 e. The van der Waals surface area contributed by atoms with Crippen LogP contribution in [0.2, 0.25) is 10.0 Å². The van der Waals surface area contributed by atoms with Gasteiger partial charge in [-0.05, 0) is 80.0 Å². The highest BCUT2D eigenvalue weighted by atomic mass is 35.5. The molecule has 2 aliphatic rings. The maximum atomic E-state index is 10.8. The van der Waals surface area contributed by atoms with E-state index in [9.17, 15) is 5.11 Å². The van der Waals surface area contributed by atoms with Crippen molar-refractivity contribution >= 4 is 45.0 Å². The number of H-pyrrole nitrogens is 1. The highest BCUT2D eigenvalue weighted by molar-refractivity contribution is 6.31. The Labute approximate surface area is 252 Å². The van der Waals surface area contributed by atoms with E-state index in [0.717, 1.165) is 67.5 Å². The predicted octanol–water partition coefficient (Wildman–Crippen LogP) is 6.91. The fourth-order valence-corrected chi connectivity index (χ4v) is 6.72. The Morgan fingerprint density at radius 2 is 1.39 bits per heavy atom. The fraction of sp³-hybridized carbons (Fsp3) is 0.353. The maximum absolute atomic E-state index is 10.8. The molecule has 4 heterocycles. The van der Waals surface area contributed by atoms with E-state index >= 15 is 0 Å². The van der Waals surface area contributed by atoms with Gasteiger partial charge in [-0.15, -0.1) is 0 Å². The van der Waals surface area contributed by atoms with Crippen LogP contribution in [0, 0.1) is 0 Å². The summed E-state index contributed by atoms with van der Waals surface area (Å²) < 4.78 is 2.30. The second-order valence-electron chi connectivity index (χ2n) is 11.5. The average molecular weight is 590 g/mol. The molecule has 0 aliphatic carbocycles.